The van der Waals surface area contributed by atoms with E-state index in [9.17, 15) is 9.59 Å². The lowest BCUT2D eigenvalue weighted by atomic mass is 10.1. The first-order valence-electron chi connectivity index (χ1n) is 8.53. The second-order valence-corrected chi connectivity index (χ2v) is 7.02. The van der Waals surface area contributed by atoms with Gasteiger partial charge in [0, 0.05) is 35.5 Å². The quantitative estimate of drug-likeness (QED) is 0.486. The van der Waals surface area contributed by atoms with Gasteiger partial charge < -0.3 is 9.30 Å². The molecule has 6 nitrogen and oxygen atoms in total. The van der Waals surface area contributed by atoms with E-state index in [1.54, 1.807) is 12.1 Å². The topological polar surface area (TPSA) is 72.4 Å². The van der Waals surface area contributed by atoms with Gasteiger partial charge in [-0.2, -0.15) is 0 Å². The Labute approximate surface area is 161 Å². The number of fused-ring (bicyclic) bond motifs is 1. The van der Waals surface area contributed by atoms with Crippen molar-refractivity contribution in [2.75, 3.05) is 18.1 Å². The third kappa shape index (κ3) is 5.27. The lowest BCUT2D eigenvalue weighted by molar-refractivity contribution is -0.119. The number of amides is 2. The third-order valence-corrected chi connectivity index (χ3v) is 4.86. The molecule has 2 aromatic carbocycles. The highest BCUT2D eigenvalue weighted by Crippen LogP contribution is 2.16. The van der Waals surface area contributed by atoms with Crippen molar-refractivity contribution in [3.63, 3.8) is 0 Å². The maximum Gasteiger partial charge on any atom is 0.269 e. The Morgan fingerprint density at radius 3 is 2.70 bits per heavy atom. The van der Waals surface area contributed by atoms with Crippen LogP contribution in [0.2, 0.25) is 0 Å². The molecule has 3 aromatic rings. The molecule has 0 saturated heterocycles. The van der Waals surface area contributed by atoms with Gasteiger partial charge in [0.05, 0.1) is 12.4 Å². The minimum Gasteiger partial charge on any atom is -0.493 e. The summed E-state index contributed by atoms with van der Waals surface area (Å²) in [7, 11) is 1.95. The second-order valence-electron chi connectivity index (χ2n) is 5.92. The molecule has 0 bridgehead atoms. The van der Waals surface area contributed by atoms with Gasteiger partial charge in [-0.3, -0.25) is 20.4 Å². The molecule has 7 heteroatoms. The van der Waals surface area contributed by atoms with Crippen molar-refractivity contribution in [2.24, 2.45) is 7.05 Å². The van der Waals surface area contributed by atoms with Crippen LogP contribution in [0.4, 0.5) is 0 Å². The fourth-order valence-corrected chi connectivity index (χ4v) is 3.16. The molecular formula is C20H21N3O3S. The Morgan fingerprint density at radius 1 is 1.07 bits per heavy atom. The Morgan fingerprint density at radius 2 is 1.89 bits per heavy atom. The number of aryl methyl sites for hydroxylation is 1. The van der Waals surface area contributed by atoms with Crippen molar-refractivity contribution in [2.45, 2.75) is 0 Å². The van der Waals surface area contributed by atoms with Crippen LogP contribution in [0.5, 0.6) is 5.75 Å². The van der Waals surface area contributed by atoms with Crippen molar-refractivity contribution in [3.05, 3.63) is 66.4 Å². The van der Waals surface area contributed by atoms with Gasteiger partial charge in [-0.1, -0.05) is 18.2 Å². The van der Waals surface area contributed by atoms with Crippen LogP contribution in [0.25, 0.3) is 10.9 Å². The number of para-hydroxylation sites is 1. The molecule has 0 unspecified atom stereocenters. The number of benzene rings is 2. The highest BCUT2D eigenvalue weighted by molar-refractivity contribution is 7.99. The molecular weight excluding hydrogens is 362 g/mol. The highest BCUT2D eigenvalue weighted by Gasteiger charge is 2.09. The molecule has 1 heterocycles. The average molecular weight is 383 g/mol. The van der Waals surface area contributed by atoms with Crippen LogP contribution >= 0.6 is 11.8 Å². The van der Waals surface area contributed by atoms with Crippen molar-refractivity contribution in [1.29, 1.82) is 0 Å². The van der Waals surface area contributed by atoms with E-state index in [1.165, 1.54) is 11.8 Å². The normalized spacial score (nSPS) is 10.6. The zero-order chi connectivity index (χ0) is 19.1. The van der Waals surface area contributed by atoms with Gasteiger partial charge in [-0.15, -0.1) is 11.8 Å². The monoisotopic (exact) mass is 383 g/mol. The number of nitrogens with zero attached hydrogens (tertiary/aromatic N) is 1. The van der Waals surface area contributed by atoms with Crippen LogP contribution in [0, 0.1) is 0 Å². The third-order valence-electron chi connectivity index (χ3n) is 3.94. The van der Waals surface area contributed by atoms with Crippen LogP contribution < -0.4 is 15.6 Å². The van der Waals surface area contributed by atoms with Crippen LogP contribution in [-0.2, 0) is 11.8 Å². The summed E-state index contributed by atoms with van der Waals surface area (Å²) in [6, 6.07) is 16.9. The predicted molar refractivity (Wildman–Crippen MR) is 108 cm³/mol. The lowest BCUT2D eigenvalue weighted by Gasteiger charge is -2.08. The molecule has 0 atom stereocenters. The van der Waals surface area contributed by atoms with E-state index in [1.807, 2.05) is 60.3 Å². The first kappa shape index (κ1) is 18.8. The zero-order valence-corrected chi connectivity index (χ0v) is 15.8. The molecule has 140 valence electrons. The largest absolute Gasteiger partial charge is 0.493 e. The van der Waals surface area contributed by atoms with Gasteiger partial charge in [0.25, 0.3) is 5.91 Å². The van der Waals surface area contributed by atoms with Crippen molar-refractivity contribution >= 4 is 34.5 Å². The molecule has 0 aliphatic heterocycles. The summed E-state index contributed by atoms with van der Waals surface area (Å²) in [5.41, 5.74) is 6.43. The van der Waals surface area contributed by atoms with E-state index in [2.05, 4.69) is 10.9 Å². The number of hydrogen-bond acceptors (Lipinski definition) is 4. The predicted octanol–water partition coefficient (Wildman–Crippen LogP) is 2.75. The highest BCUT2D eigenvalue weighted by atomic mass is 32.2. The summed E-state index contributed by atoms with van der Waals surface area (Å²) in [4.78, 5) is 24.0. The number of hydrogen-bond donors (Lipinski definition) is 2. The minimum atomic E-state index is -0.341. The van der Waals surface area contributed by atoms with Gasteiger partial charge in [0.2, 0.25) is 5.91 Å². The molecule has 0 aliphatic carbocycles. The van der Waals surface area contributed by atoms with Gasteiger partial charge in [0.1, 0.15) is 5.75 Å². The Hall–Kier alpha value is -2.93. The summed E-state index contributed by atoms with van der Waals surface area (Å²) >= 11 is 1.44. The maximum absolute atomic E-state index is 12.2. The number of ether oxygens (including phenoxy) is 1. The molecule has 0 fully saturated rings. The molecule has 27 heavy (non-hydrogen) atoms. The van der Waals surface area contributed by atoms with Gasteiger partial charge in [-0.25, -0.2) is 0 Å². The number of nitrogens with one attached hydrogen (secondary N) is 2. The standard InChI is InChI=1S/C20H21N3O3S/c1-23-10-9-15-13-16(7-8-18(15)23)20(25)22-21-19(24)14-27-12-11-26-17-5-3-2-4-6-17/h2-10,13H,11-12,14H2,1H3,(H,21,24)(H,22,25). The summed E-state index contributed by atoms with van der Waals surface area (Å²) in [5.74, 6) is 1.14. The SMILES string of the molecule is Cn1ccc2cc(C(=O)NNC(=O)CSCCOc3ccccc3)ccc21. The maximum atomic E-state index is 12.2. The minimum absolute atomic E-state index is 0.246. The molecule has 2 amide bonds. The number of aromatic nitrogens is 1. The molecule has 1 aromatic heterocycles. The van der Waals surface area contributed by atoms with E-state index >= 15 is 0 Å². The molecule has 2 N–H and O–H groups in total. The summed E-state index contributed by atoms with van der Waals surface area (Å²) in [6.45, 7) is 0.519. The summed E-state index contributed by atoms with van der Waals surface area (Å²) < 4.78 is 7.54. The number of carbonyl (C=O) groups is 2. The average Bonchev–Trinajstić information content (AvgIpc) is 3.07. The fraction of sp³-hybridized carbons (Fsp3) is 0.200. The number of thioether (sulfide) groups is 1. The van der Waals surface area contributed by atoms with Crippen molar-refractivity contribution in [3.8, 4) is 5.75 Å². The summed E-state index contributed by atoms with van der Waals surface area (Å²) in [6.07, 6.45) is 1.94. The molecule has 0 spiro atoms. The fourth-order valence-electron chi connectivity index (χ4n) is 2.56. The van der Waals surface area contributed by atoms with Crippen molar-refractivity contribution < 1.29 is 14.3 Å². The number of carbonyl (C=O) groups excluding carboxylic acids is 2. The Kier molecular flexibility index (Phi) is 6.38. The number of hydrazine groups is 1. The van der Waals surface area contributed by atoms with Crippen molar-refractivity contribution in [1.82, 2.24) is 15.4 Å². The molecule has 0 aliphatic rings. The smallest absolute Gasteiger partial charge is 0.269 e. The first-order chi connectivity index (χ1) is 13.1. The van der Waals surface area contributed by atoms with Gasteiger partial charge in [-0.05, 0) is 36.4 Å². The van der Waals surface area contributed by atoms with E-state index < -0.39 is 0 Å². The van der Waals surface area contributed by atoms with E-state index in [-0.39, 0.29) is 17.6 Å². The second kappa shape index (κ2) is 9.14. The molecule has 0 radical (unpaired) electrons. The van der Waals surface area contributed by atoms with E-state index in [0.29, 0.717) is 17.9 Å². The molecule has 0 saturated carbocycles. The first-order valence-corrected chi connectivity index (χ1v) is 9.69. The van der Waals surface area contributed by atoms with Crippen LogP contribution in [0.1, 0.15) is 10.4 Å². The van der Waals surface area contributed by atoms with Crippen LogP contribution in [0.15, 0.2) is 60.8 Å². The Bertz CT molecular complexity index is 925. The van der Waals surface area contributed by atoms with E-state index in [4.69, 9.17) is 4.74 Å². The van der Waals surface area contributed by atoms with Gasteiger partial charge in [0.15, 0.2) is 0 Å². The van der Waals surface area contributed by atoms with Crippen LogP contribution in [0.3, 0.4) is 0 Å². The summed E-state index contributed by atoms with van der Waals surface area (Å²) in [5, 5.41) is 0.977. The number of rotatable bonds is 7. The van der Waals surface area contributed by atoms with E-state index in [0.717, 1.165) is 16.7 Å². The Balaban J connectivity index is 1.36. The van der Waals surface area contributed by atoms with Crippen LogP contribution in [-0.4, -0.2) is 34.5 Å². The van der Waals surface area contributed by atoms with Gasteiger partial charge >= 0.3 is 0 Å². The molecule has 3 rings (SSSR count). The zero-order valence-electron chi connectivity index (χ0n) is 15.0. The lowest BCUT2D eigenvalue weighted by Crippen LogP contribution is -2.42.